The Morgan fingerprint density at radius 2 is 1.88 bits per heavy atom. The van der Waals surface area contributed by atoms with Gasteiger partial charge in [-0.1, -0.05) is 6.07 Å². The molecule has 0 N–H and O–H groups in total. The molecule has 0 aliphatic carbocycles. The number of fused-ring (bicyclic) bond motifs is 1. The standard InChI is InChI=1S/C24H28F3N3O2/c1-15-16(2)22(32-3)10-8-19(15)21-6-4-5-18-14-29(11-12-30(18)21)23(31)20-9-7-17(13-28-20)24(25,26)27/h7-10,13,18,21H,4-6,11-12,14H2,1-3H3/t18-,21+/m0/s1. The van der Waals surface area contributed by atoms with Crippen LogP contribution >= 0.6 is 0 Å². The highest BCUT2D eigenvalue weighted by atomic mass is 19.4. The maximum atomic E-state index is 12.9. The molecule has 2 aliphatic rings. The fourth-order valence-electron chi connectivity index (χ4n) is 5.02. The van der Waals surface area contributed by atoms with Crippen LogP contribution in [0.2, 0.25) is 0 Å². The molecule has 2 aliphatic heterocycles. The highest BCUT2D eigenvalue weighted by Gasteiger charge is 2.38. The van der Waals surface area contributed by atoms with Crippen LogP contribution in [0.15, 0.2) is 30.5 Å². The van der Waals surface area contributed by atoms with E-state index in [9.17, 15) is 18.0 Å². The summed E-state index contributed by atoms with van der Waals surface area (Å²) in [5.74, 6) is 0.579. The predicted octanol–water partition coefficient (Wildman–Crippen LogP) is 4.78. The monoisotopic (exact) mass is 447 g/mol. The highest BCUT2D eigenvalue weighted by Crippen LogP contribution is 2.39. The Hall–Kier alpha value is -2.61. The summed E-state index contributed by atoms with van der Waals surface area (Å²) in [6.45, 7) is 6.03. The molecule has 1 amide bonds. The minimum Gasteiger partial charge on any atom is -0.496 e. The summed E-state index contributed by atoms with van der Waals surface area (Å²) in [5.41, 5.74) is 2.90. The average molecular weight is 448 g/mol. The first-order chi connectivity index (χ1) is 15.2. The van der Waals surface area contributed by atoms with Crippen molar-refractivity contribution in [3.63, 3.8) is 0 Å². The van der Waals surface area contributed by atoms with E-state index < -0.39 is 11.7 Å². The molecule has 2 atom stereocenters. The maximum Gasteiger partial charge on any atom is 0.417 e. The van der Waals surface area contributed by atoms with Crippen LogP contribution in [0, 0.1) is 13.8 Å². The van der Waals surface area contributed by atoms with Crippen LogP contribution in [0.1, 0.15) is 58.0 Å². The molecule has 2 aromatic rings. The molecule has 1 aromatic heterocycles. The summed E-state index contributed by atoms with van der Waals surface area (Å²) in [6, 6.07) is 6.78. The minimum atomic E-state index is -4.46. The molecule has 32 heavy (non-hydrogen) atoms. The number of nitrogens with zero attached hydrogens (tertiary/aromatic N) is 3. The van der Waals surface area contributed by atoms with Crippen molar-refractivity contribution >= 4 is 5.91 Å². The van der Waals surface area contributed by atoms with E-state index in [2.05, 4.69) is 29.8 Å². The van der Waals surface area contributed by atoms with Gasteiger partial charge in [-0.2, -0.15) is 13.2 Å². The number of halogens is 3. The van der Waals surface area contributed by atoms with Crippen LogP contribution in [0.25, 0.3) is 0 Å². The number of aromatic nitrogens is 1. The number of benzene rings is 1. The van der Waals surface area contributed by atoms with Gasteiger partial charge in [0.2, 0.25) is 0 Å². The van der Waals surface area contributed by atoms with E-state index in [4.69, 9.17) is 4.74 Å². The number of alkyl halides is 3. The second kappa shape index (κ2) is 8.73. The Balaban J connectivity index is 1.49. The molecule has 0 bridgehead atoms. The number of hydrogen-bond donors (Lipinski definition) is 0. The van der Waals surface area contributed by atoms with Crippen molar-refractivity contribution in [2.24, 2.45) is 0 Å². The molecule has 0 radical (unpaired) electrons. The maximum absolute atomic E-state index is 12.9. The van der Waals surface area contributed by atoms with E-state index in [1.807, 2.05) is 6.07 Å². The van der Waals surface area contributed by atoms with Crippen LogP contribution in [0.3, 0.4) is 0 Å². The normalized spacial score (nSPS) is 21.9. The van der Waals surface area contributed by atoms with Gasteiger partial charge in [0, 0.05) is 37.9 Å². The van der Waals surface area contributed by atoms with Gasteiger partial charge in [0.15, 0.2) is 0 Å². The van der Waals surface area contributed by atoms with Crippen molar-refractivity contribution in [3.05, 3.63) is 58.4 Å². The van der Waals surface area contributed by atoms with Crippen molar-refractivity contribution in [2.75, 3.05) is 26.7 Å². The first kappa shape index (κ1) is 22.6. The van der Waals surface area contributed by atoms with Gasteiger partial charge in [-0.25, -0.2) is 0 Å². The zero-order chi connectivity index (χ0) is 23.0. The van der Waals surface area contributed by atoms with E-state index in [1.165, 1.54) is 17.2 Å². The lowest BCUT2D eigenvalue weighted by Crippen LogP contribution is -2.57. The molecule has 0 saturated carbocycles. The number of pyridine rings is 1. The smallest absolute Gasteiger partial charge is 0.417 e. The van der Waals surface area contributed by atoms with Crippen LogP contribution in [-0.4, -0.2) is 53.5 Å². The van der Waals surface area contributed by atoms with Crippen molar-refractivity contribution in [3.8, 4) is 5.75 Å². The van der Waals surface area contributed by atoms with Gasteiger partial charge < -0.3 is 9.64 Å². The van der Waals surface area contributed by atoms with Gasteiger partial charge >= 0.3 is 6.18 Å². The van der Waals surface area contributed by atoms with Gasteiger partial charge in [0.1, 0.15) is 11.4 Å². The average Bonchev–Trinajstić information content (AvgIpc) is 2.79. The van der Waals surface area contributed by atoms with Crippen molar-refractivity contribution < 1.29 is 22.7 Å². The van der Waals surface area contributed by atoms with Gasteiger partial charge in [-0.3, -0.25) is 14.7 Å². The molecule has 2 saturated heterocycles. The van der Waals surface area contributed by atoms with Gasteiger partial charge in [-0.05, 0) is 68.0 Å². The zero-order valence-corrected chi connectivity index (χ0v) is 18.6. The number of amides is 1. The lowest BCUT2D eigenvalue weighted by atomic mass is 9.86. The van der Waals surface area contributed by atoms with Gasteiger partial charge in [0.05, 0.1) is 12.7 Å². The quantitative estimate of drug-likeness (QED) is 0.680. The van der Waals surface area contributed by atoms with Crippen LogP contribution in [0.5, 0.6) is 5.75 Å². The van der Waals surface area contributed by atoms with Crippen molar-refractivity contribution in [2.45, 2.75) is 51.4 Å². The summed E-state index contributed by atoms with van der Waals surface area (Å²) in [4.78, 5) is 20.9. The number of piperazine rings is 1. The molecule has 0 unspecified atom stereocenters. The number of piperidine rings is 1. The fourth-order valence-corrected chi connectivity index (χ4v) is 5.02. The Morgan fingerprint density at radius 3 is 2.53 bits per heavy atom. The van der Waals surface area contributed by atoms with Crippen LogP contribution < -0.4 is 4.74 Å². The Bertz CT molecular complexity index is 991. The molecule has 2 fully saturated rings. The SMILES string of the molecule is COc1ccc([C@H]2CCC[C@H]3CN(C(=O)c4ccc(C(F)(F)F)cn4)CCN32)c(C)c1C. The zero-order valence-electron chi connectivity index (χ0n) is 18.6. The molecule has 3 heterocycles. The predicted molar refractivity (Wildman–Crippen MR) is 115 cm³/mol. The number of ether oxygens (including phenoxy) is 1. The first-order valence-corrected chi connectivity index (χ1v) is 10.9. The lowest BCUT2D eigenvalue weighted by molar-refractivity contribution is -0.137. The third kappa shape index (κ3) is 4.20. The molecule has 1 aromatic carbocycles. The fraction of sp³-hybridized carbons (Fsp3) is 0.500. The van der Waals surface area contributed by atoms with Gasteiger partial charge in [0.25, 0.3) is 5.91 Å². The largest absolute Gasteiger partial charge is 0.496 e. The summed E-state index contributed by atoms with van der Waals surface area (Å²) >= 11 is 0. The molecule has 5 nitrogen and oxygen atoms in total. The number of rotatable bonds is 3. The van der Waals surface area contributed by atoms with Gasteiger partial charge in [-0.15, -0.1) is 0 Å². The summed E-state index contributed by atoms with van der Waals surface area (Å²) < 4.78 is 43.8. The number of carbonyl (C=O) groups is 1. The Morgan fingerprint density at radius 1 is 1.09 bits per heavy atom. The van der Waals surface area contributed by atoms with E-state index in [0.29, 0.717) is 19.1 Å². The Labute approximate surface area is 186 Å². The summed E-state index contributed by atoms with van der Waals surface area (Å²) in [7, 11) is 1.68. The molecular formula is C24H28F3N3O2. The third-order valence-corrected chi connectivity index (χ3v) is 6.90. The second-order valence-corrected chi connectivity index (χ2v) is 8.63. The van der Waals surface area contributed by atoms with E-state index in [0.717, 1.165) is 49.4 Å². The topological polar surface area (TPSA) is 45.7 Å². The number of hydrogen-bond acceptors (Lipinski definition) is 4. The second-order valence-electron chi connectivity index (χ2n) is 8.63. The van der Waals surface area contributed by atoms with E-state index in [-0.39, 0.29) is 17.6 Å². The number of carbonyl (C=O) groups excluding carboxylic acids is 1. The van der Waals surface area contributed by atoms with Crippen molar-refractivity contribution in [1.29, 1.82) is 0 Å². The number of methoxy groups -OCH3 is 1. The molecule has 8 heteroatoms. The molecule has 4 rings (SSSR count). The minimum absolute atomic E-state index is 0.0560. The van der Waals surface area contributed by atoms with E-state index >= 15 is 0 Å². The Kier molecular flexibility index (Phi) is 6.16. The molecular weight excluding hydrogens is 419 g/mol. The van der Waals surface area contributed by atoms with E-state index in [1.54, 1.807) is 12.0 Å². The third-order valence-electron chi connectivity index (χ3n) is 6.90. The molecule has 172 valence electrons. The highest BCUT2D eigenvalue weighted by molar-refractivity contribution is 5.92. The van der Waals surface area contributed by atoms with Crippen LogP contribution in [0.4, 0.5) is 13.2 Å². The summed E-state index contributed by atoms with van der Waals surface area (Å²) in [5, 5.41) is 0. The van der Waals surface area contributed by atoms with Crippen molar-refractivity contribution in [1.82, 2.24) is 14.8 Å². The van der Waals surface area contributed by atoms with Crippen LogP contribution in [-0.2, 0) is 6.18 Å². The first-order valence-electron chi connectivity index (χ1n) is 10.9. The lowest BCUT2D eigenvalue weighted by Gasteiger charge is -2.48. The molecule has 0 spiro atoms. The summed E-state index contributed by atoms with van der Waals surface area (Å²) in [6.07, 6.45) is -0.604.